The number of anilines is 1. The van der Waals surface area contributed by atoms with Crippen molar-refractivity contribution in [3.8, 4) is 5.00 Å². The fourth-order valence-electron chi connectivity index (χ4n) is 4.68. The predicted octanol–water partition coefficient (Wildman–Crippen LogP) is 6.14. The molecule has 2 aliphatic rings. The summed E-state index contributed by atoms with van der Waals surface area (Å²) in [7, 11) is 0. The summed E-state index contributed by atoms with van der Waals surface area (Å²) >= 11 is 1.93. The Hall–Kier alpha value is -2.53. The zero-order valence-electron chi connectivity index (χ0n) is 17.3. The predicted molar refractivity (Wildman–Crippen MR) is 119 cm³/mol. The first-order chi connectivity index (χ1) is 14.0. The lowest BCUT2D eigenvalue weighted by atomic mass is 9.95. The molecule has 1 aliphatic carbocycles. The lowest BCUT2D eigenvalue weighted by Crippen LogP contribution is -2.36. The zero-order valence-corrected chi connectivity index (χ0v) is 18.1. The van der Waals surface area contributed by atoms with Gasteiger partial charge in [-0.25, -0.2) is 4.79 Å². The molecule has 150 valence electrons. The Kier molecular flexibility index (Phi) is 4.50. The van der Waals surface area contributed by atoms with Crippen LogP contribution in [0.15, 0.2) is 36.5 Å². The van der Waals surface area contributed by atoms with Gasteiger partial charge in [0, 0.05) is 28.0 Å². The fraction of sp³-hybridized carbons (Fsp3) is 0.375. The molecular formula is C24H27N3OS. The number of aryl methyl sites for hydroxylation is 2. The highest BCUT2D eigenvalue weighted by molar-refractivity contribution is 7.15. The molecule has 0 bridgehead atoms. The van der Waals surface area contributed by atoms with E-state index in [0.717, 1.165) is 17.7 Å². The van der Waals surface area contributed by atoms with Crippen LogP contribution in [0.3, 0.4) is 0 Å². The van der Waals surface area contributed by atoms with Gasteiger partial charge in [-0.05, 0) is 81.3 Å². The van der Waals surface area contributed by atoms with Crippen LogP contribution in [0, 0.1) is 13.8 Å². The minimum absolute atomic E-state index is 0.00829. The van der Waals surface area contributed by atoms with Gasteiger partial charge in [0.1, 0.15) is 5.00 Å². The van der Waals surface area contributed by atoms with Gasteiger partial charge in [0.25, 0.3) is 0 Å². The van der Waals surface area contributed by atoms with E-state index in [1.165, 1.54) is 51.5 Å². The third-order valence-electron chi connectivity index (χ3n) is 6.59. The van der Waals surface area contributed by atoms with E-state index in [2.05, 4.69) is 55.1 Å². The van der Waals surface area contributed by atoms with E-state index in [1.54, 1.807) is 0 Å². The van der Waals surface area contributed by atoms with Crippen LogP contribution < -0.4 is 5.32 Å². The van der Waals surface area contributed by atoms with Crippen molar-refractivity contribution in [3.05, 3.63) is 69.4 Å². The van der Waals surface area contributed by atoms with E-state index in [1.807, 2.05) is 28.4 Å². The van der Waals surface area contributed by atoms with Gasteiger partial charge in [-0.3, -0.25) is 0 Å². The van der Waals surface area contributed by atoms with Crippen LogP contribution in [0.2, 0.25) is 0 Å². The Bertz CT molecular complexity index is 1090. The molecule has 0 saturated heterocycles. The molecular weight excluding hydrogens is 378 g/mol. The molecule has 5 rings (SSSR count). The van der Waals surface area contributed by atoms with Crippen molar-refractivity contribution in [2.45, 2.75) is 59.0 Å². The molecule has 2 amide bonds. The number of amides is 2. The number of rotatable bonds is 1. The quantitative estimate of drug-likeness (QED) is 0.518. The van der Waals surface area contributed by atoms with Crippen molar-refractivity contribution in [3.63, 3.8) is 0 Å². The maximum Gasteiger partial charge on any atom is 0.322 e. The number of carbonyl (C=O) groups is 1. The number of aromatic nitrogens is 1. The van der Waals surface area contributed by atoms with Crippen LogP contribution in [-0.2, 0) is 19.4 Å². The zero-order chi connectivity index (χ0) is 20.1. The van der Waals surface area contributed by atoms with Crippen molar-refractivity contribution in [2.24, 2.45) is 0 Å². The van der Waals surface area contributed by atoms with Crippen LogP contribution in [0.1, 0.15) is 58.6 Å². The SMILES string of the molecule is Cc1cccc(NC(=O)N2Cc3c(sc4c3CCCC4)-n3cccc3C2C)c1C. The molecule has 0 radical (unpaired) electrons. The summed E-state index contributed by atoms with van der Waals surface area (Å²) < 4.78 is 2.31. The van der Waals surface area contributed by atoms with E-state index in [-0.39, 0.29) is 12.1 Å². The standard InChI is InChI=1S/C24H27N3OS/c1-15-8-6-10-20(16(15)2)25-24(28)27-14-19-18-9-4-5-12-22(18)29-23(19)26-13-7-11-21(26)17(27)3/h6-8,10-11,13,17H,4-5,9,12,14H2,1-3H3,(H,25,28). The van der Waals surface area contributed by atoms with E-state index < -0.39 is 0 Å². The largest absolute Gasteiger partial charge is 0.322 e. The van der Waals surface area contributed by atoms with Crippen LogP contribution in [-0.4, -0.2) is 15.5 Å². The van der Waals surface area contributed by atoms with Gasteiger partial charge in [0.2, 0.25) is 0 Å². The number of fused-ring (bicyclic) bond motifs is 5. The normalized spacial score (nSPS) is 17.9. The average Bonchev–Trinajstić information content (AvgIpc) is 3.31. The van der Waals surface area contributed by atoms with Gasteiger partial charge >= 0.3 is 6.03 Å². The molecule has 29 heavy (non-hydrogen) atoms. The molecule has 1 aliphatic heterocycles. The number of urea groups is 1. The van der Waals surface area contributed by atoms with Crippen molar-refractivity contribution in [1.29, 1.82) is 0 Å². The van der Waals surface area contributed by atoms with Crippen molar-refractivity contribution < 1.29 is 4.79 Å². The Morgan fingerprint density at radius 3 is 2.79 bits per heavy atom. The van der Waals surface area contributed by atoms with Gasteiger partial charge in [-0.15, -0.1) is 11.3 Å². The molecule has 5 heteroatoms. The molecule has 1 atom stereocenters. The summed E-state index contributed by atoms with van der Waals surface area (Å²) in [5, 5.41) is 4.50. The van der Waals surface area contributed by atoms with Gasteiger partial charge in [-0.1, -0.05) is 12.1 Å². The summed E-state index contributed by atoms with van der Waals surface area (Å²) in [6.07, 6.45) is 6.99. The van der Waals surface area contributed by atoms with Gasteiger partial charge < -0.3 is 14.8 Å². The second-order valence-corrected chi connectivity index (χ2v) is 9.36. The lowest BCUT2D eigenvalue weighted by molar-refractivity contribution is 0.189. The third-order valence-corrected chi connectivity index (χ3v) is 7.92. The lowest BCUT2D eigenvalue weighted by Gasteiger charge is -2.29. The highest BCUT2D eigenvalue weighted by Gasteiger charge is 2.33. The molecule has 3 heterocycles. The molecule has 3 aromatic rings. The van der Waals surface area contributed by atoms with Crippen molar-refractivity contribution in [2.75, 3.05) is 5.32 Å². The second kappa shape index (κ2) is 7.06. The van der Waals surface area contributed by atoms with E-state index in [4.69, 9.17) is 0 Å². The monoisotopic (exact) mass is 405 g/mol. The maximum absolute atomic E-state index is 13.4. The number of hydrogen-bond acceptors (Lipinski definition) is 2. The number of nitrogens with one attached hydrogen (secondary N) is 1. The van der Waals surface area contributed by atoms with Gasteiger partial charge in [0.05, 0.1) is 12.6 Å². The third kappa shape index (κ3) is 2.99. The molecule has 1 aromatic carbocycles. The van der Waals surface area contributed by atoms with E-state index in [9.17, 15) is 4.79 Å². The maximum atomic E-state index is 13.4. The first-order valence-corrected chi connectivity index (χ1v) is 11.3. The fourth-order valence-corrected chi connectivity index (χ4v) is 6.09. The Balaban J connectivity index is 1.55. The number of hydrogen-bond donors (Lipinski definition) is 1. The van der Waals surface area contributed by atoms with E-state index in [0.29, 0.717) is 6.54 Å². The Morgan fingerprint density at radius 1 is 1.10 bits per heavy atom. The highest BCUT2D eigenvalue weighted by Crippen LogP contribution is 2.42. The minimum atomic E-state index is -0.0254. The van der Waals surface area contributed by atoms with E-state index >= 15 is 0 Å². The van der Waals surface area contributed by atoms with Crippen molar-refractivity contribution in [1.82, 2.24) is 9.47 Å². The van der Waals surface area contributed by atoms with Crippen LogP contribution in [0.25, 0.3) is 5.00 Å². The molecule has 0 fully saturated rings. The minimum Gasteiger partial charge on any atom is -0.312 e. The van der Waals surface area contributed by atoms with Crippen LogP contribution >= 0.6 is 11.3 Å². The smallest absolute Gasteiger partial charge is 0.312 e. The summed E-state index contributed by atoms with van der Waals surface area (Å²) in [6.45, 7) is 6.95. The molecule has 1 unspecified atom stereocenters. The Labute approximate surface area is 176 Å². The number of nitrogens with zero attached hydrogens (tertiary/aromatic N) is 2. The molecule has 0 spiro atoms. The van der Waals surface area contributed by atoms with Gasteiger partial charge in [0.15, 0.2) is 0 Å². The molecule has 1 N–H and O–H groups in total. The highest BCUT2D eigenvalue weighted by atomic mass is 32.1. The molecule has 4 nitrogen and oxygen atoms in total. The topological polar surface area (TPSA) is 37.3 Å². The number of benzene rings is 1. The van der Waals surface area contributed by atoms with Crippen LogP contribution in [0.4, 0.5) is 10.5 Å². The molecule has 2 aromatic heterocycles. The summed E-state index contributed by atoms with van der Waals surface area (Å²) in [4.78, 5) is 17.0. The van der Waals surface area contributed by atoms with Crippen LogP contribution in [0.5, 0.6) is 0 Å². The first-order valence-electron chi connectivity index (χ1n) is 10.5. The number of thiophene rings is 1. The number of carbonyl (C=O) groups excluding carboxylic acids is 1. The summed E-state index contributed by atoms with van der Waals surface area (Å²) in [5.74, 6) is 0. The Morgan fingerprint density at radius 2 is 1.93 bits per heavy atom. The van der Waals surface area contributed by atoms with Crippen molar-refractivity contribution >= 4 is 23.1 Å². The second-order valence-electron chi connectivity index (χ2n) is 8.28. The molecule has 0 saturated carbocycles. The summed E-state index contributed by atoms with van der Waals surface area (Å²) in [6, 6.07) is 10.3. The summed E-state index contributed by atoms with van der Waals surface area (Å²) in [5.41, 5.74) is 7.24. The van der Waals surface area contributed by atoms with Gasteiger partial charge in [-0.2, -0.15) is 0 Å². The first kappa shape index (κ1) is 18.5. The average molecular weight is 406 g/mol.